The Morgan fingerprint density at radius 2 is 2.10 bits per heavy atom. The fourth-order valence-corrected chi connectivity index (χ4v) is 2.45. The second-order valence-electron chi connectivity index (χ2n) is 5.32. The van der Waals surface area contributed by atoms with Crippen LogP contribution in [0.15, 0.2) is 6.20 Å². The summed E-state index contributed by atoms with van der Waals surface area (Å²) >= 11 is 6.34. The minimum atomic E-state index is 0.157. The molecular weight excluding hydrogens is 290 g/mol. The topological polar surface area (TPSA) is 48.3 Å². The zero-order valence-corrected chi connectivity index (χ0v) is 14.3. The van der Waals surface area contributed by atoms with E-state index >= 15 is 0 Å². The normalized spacial score (nSPS) is 13.0. The SMILES string of the molecule is CCCNC(CCOCCOC)c1c(Cl)cnn1C(C)C. The number of rotatable bonds is 11. The van der Waals surface area contributed by atoms with Crippen molar-refractivity contribution in [3.63, 3.8) is 0 Å². The number of nitrogens with one attached hydrogen (secondary N) is 1. The van der Waals surface area contributed by atoms with Crippen molar-refractivity contribution in [1.29, 1.82) is 0 Å². The second-order valence-corrected chi connectivity index (χ2v) is 5.72. The van der Waals surface area contributed by atoms with E-state index in [0.29, 0.717) is 24.8 Å². The van der Waals surface area contributed by atoms with Crippen LogP contribution in [0.2, 0.25) is 5.02 Å². The van der Waals surface area contributed by atoms with Crippen molar-refractivity contribution in [2.45, 2.75) is 45.7 Å². The van der Waals surface area contributed by atoms with Crippen LogP contribution < -0.4 is 5.32 Å². The van der Waals surface area contributed by atoms with Gasteiger partial charge in [0.2, 0.25) is 0 Å². The Morgan fingerprint density at radius 1 is 1.33 bits per heavy atom. The maximum absolute atomic E-state index is 6.34. The lowest BCUT2D eigenvalue weighted by molar-refractivity contribution is 0.0653. The molecule has 1 N–H and O–H groups in total. The first-order valence-electron chi connectivity index (χ1n) is 7.64. The molecule has 0 aliphatic carbocycles. The summed E-state index contributed by atoms with van der Waals surface area (Å²) in [6.45, 7) is 9.23. The van der Waals surface area contributed by atoms with E-state index in [1.54, 1.807) is 13.3 Å². The van der Waals surface area contributed by atoms with E-state index in [1.165, 1.54) is 0 Å². The van der Waals surface area contributed by atoms with Crippen molar-refractivity contribution in [1.82, 2.24) is 15.1 Å². The smallest absolute Gasteiger partial charge is 0.0834 e. The van der Waals surface area contributed by atoms with Crippen molar-refractivity contribution in [3.05, 3.63) is 16.9 Å². The monoisotopic (exact) mass is 317 g/mol. The van der Waals surface area contributed by atoms with Crippen molar-refractivity contribution in [2.75, 3.05) is 33.5 Å². The third kappa shape index (κ3) is 5.94. The van der Waals surface area contributed by atoms with E-state index in [0.717, 1.165) is 25.1 Å². The van der Waals surface area contributed by atoms with Gasteiger partial charge in [-0.1, -0.05) is 18.5 Å². The average Bonchev–Trinajstić information content (AvgIpc) is 2.84. The molecular formula is C15H28ClN3O2. The van der Waals surface area contributed by atoms with Gasteiger partial charge in [0.1, 0.15) is 0 Å². The first kappa shape index (κ1) is 18.4. The summed E-state index contributed by atoms with van der Waals surface area (Å²) in [5.74, 6) is 0. The van der Waals surface area contributed by atoms with Crippen molar-refractivity contribution in [2.24, 2.45) is 0 Å². The van der Waals surface area contributed by atoms with Crippen LogP contribution in [0.1, 0.15) is 51.4 Å². The Bertz CT molecular complexity index is 396. The van der Waals surface area contributed by atoms with Gasteiger partial charge in [-0.05, 0) is 33.2 Å². The number of aromatic nitrogens is 2. The van der Waals surface area contributed by atoms with E-state index in [-0.39, 0.29) is 12.1 Å². The van der Waals surface area contributed by atoms with Crippen LogP contribution in [0.4, 0.5) is 0 Å². The van der Waals surface area contributed by atoms with E-state index in [4.69, 9.17) is 21.1 Å². The Balaban J connectivity index is 2.70. The lowest BCUT2D eigenvalue weighted by Crippen LogP contribution is -2.27. The Hall–Kier alpha value is -0.620. The number of methoxy groups -OCH3 is 1. The maximum atomic E-state index is 6.34. The van der Waals surface area contributed by atoms with Crippen molar-refractivity contribution in [3.8, 4) is 0 Å². The molecule has 5 nitrogen and oxygen atoms in total. The molecule has 0 saturated heterocycles. The van der Waals surface area contributed by atoms with Gasteiger partial charge in [-0.15, -0.1) is 0 Å². The predicted octanol–water partition coefficient (Wildman–Crippen LogP) is 3.21. The zero-order chi connectivity index (χ0) is 15.7. The molecule has 21 heavy (non-hydrogen) atoms. The molecule has 1 rings (SSSR count). The van der Waals surface area contributed by atoms with Crippen LogP contribution in [-0.4, -0.2) is 43.3 Å². The third-order valence-corrected chi connectivity index (χ3v) is 3.52. The lowest BCUT2D eigenvalue weighted by atomic mass is 10.1. The van der Waals surface area contributed by atoms with Gasteiger partial charge >= 0.3 is 0 Å². The molecule has 0 amide bonds. The first-order valence-corrected chi connectivity index (χ1v) is 8.02. The molecule has 0 saturated carbocycles. The van der Waals surface area contributed by atoms with Crippen LogP contribution in [0.3, 0.4) is 0 Å². The van der Waals surface area contributed by atoms with Crippen LogP contribution >= 0.6 is 11.6 Å². The van der Waals surface area contributed by atoms with Gasteiger partial charge in [-0.25, -0.2) is 0 Å². The Labute approximate surface area is 132 Å². The number of hydrogen-bond acceptors (Lipinski definition) is 4. The highest BCUT2D eigenvalue weighted by Crippen LogP contribution is 2.27. The average molecular weight is 318 g/mol. The highest BCUT2D eigenvalue weighted by atomic mass is 35.5. The van der Waals surface area contributed by atoms with Gasteiger partial charge in [-0.3, -0.25) is 4.68 Å². The number of hydrogen-bond donors (Lipinski definition) is 1. The zero-order valence-electron chi connectivity index (χ0n) is 13.6. The summed E-state index contributed by atoms with van der Waals surface area (Å²) < 4.78 is 12.6. The quantitative estimate of drug-likeness (QED) is 0.637. The molecule has 0 aliphatic heterocycles. The minimum Gasteiger partial charge on any atom is -0.382 e. The number of halogens is 1. The summed E-state index contributed by atoms with van der Waals surface area (Å²) in [5.41, 5.74) is 1.05. The van der Waals surface area contributed by atoms with Crippen molar-refractivity contribution < 1.29 is 9.47 Å². The van der Waals surface area contributed by atoms with Gasteiger partial charge in [0.15, 0.2) is 0 Å². The maximum Gasteiger partial charge on any atom is 0.0834 e. The largest absolute Gasteiger partial charge is 0.382 e. The van der Waals surface area contributed by atoms with Gasteiger partial charge in [-0.2, -0.15) is 5.10 Å². The lowest BCUT2D eigenvalue weighted by Gasteiger charge is -2.22. The molecule has 1 unspecified atom stereocenters. The molecule has 1 atom stereocenters. The van der Waals surface area contributed by atoms with E-state index < -0.39 is 0 Å². The standard InChI is InChI=1S/C15H28ClN3O2/c1-5-7-17-14(6-8-21-10-9-20-4)15-13(16)11-18-19(15)12(2)3/h11-12,14,17H,5-10H2,1-4H3. The van der Waals surface area contributed by atoms with E-state index in [1.807, 2.05) is 4.68 Å². The van der Waals surface area contributed by atoms with E-state index in [9.17, 15) is 0 Å². The highest BCUT2D eigenvalue weighted by molar-refractivity contribution is 6.31. The van der Waals surface area contributed by atoms with Crippen molar-refractivity contribution >= 4 is 11.6 Å². The molecule has 6 heteroatoms. The molecule has 1 aromatic heterocycles. The number of nitrogens with zero attached hydrogens (tertiary/aromatic N) is 2. The molecule has 1 heterocycles. The Morgan fingerprint density at radius 3 is 2.71 bits per heavy atom. The third-order valence-electron chi connectivity index (χ3n) is 3.23. The summed E-state index contributed by atoms with van der Waals surface area (Å²) in [5, 5.41) is 8.64. The van der Waals surface area contributed by atoms with Crippen LogP contribution in [0.5, 0.6) is 0 Å². The van der Waals surface area contributed by atoms with Crippen LogP contribution in [0.25, 0.3) is 0 Å². The van der Waals surface area contributed by atoms with Gasteiger partial charge in [0, 0.05) is 19.8 Å². The fourth-order valence-electron chi connectivity index (χ4n) is 2.19. The minimum absolute atomic E-state index is 0.157. The molecule has 0 fully saturated rings. The first-order chi connectivity index (χ1) is 10.1. The van der Waals surface area contributed by atoms with Gasteiger partial charge in [0.05, 0.1) is 36.2 Å². The fraction of sp³-hybridized carbons (Fsp3) is 0.800. The highest BCUT2D eigenvalue weighted by Gasteiger charge is 2.21. The van der Waals surface area contributed by atoms with Gasteiger partial charge < -0.3 is 14.8 Å². The molecule has 0 aliphatic rings. The predicted molar refractivity (Wildman–Crippen MR) is 86.0 cm³/mol. The Kier molecular flexibility index (Phi) is 8.92. The van der Waals surface area contributed by atoms with E-state index in [2.05, 4.69) is 31.2 Å². The summed E-state index contributed by atoms with van der Waals surface area (Å²) in [6.07, 6.45) is 3.67. The number of ether oxygens (including phenoxy) is 2. The molecule has 0 radical (unpaired) electrons. The van der Waals surface area contributed by atoms with Crippen LogP contribution in [-0.2, 0) is 9.47 Å². The summed E-state index contributed by atoms with van der Waals surface area (Å²) in [4.78, 5) is 0. The van der Waals surface area contributed by atoms with Crippen LogP contribution in [0, 0.1) is 0 Å². The molecule has 0 spiro atoms. The summed E-state index contributed by atoms with van der Waals surface area (Å²) in [6, 6.07) is 0.442. The summed E-state index contributed by atoms with van der Waals surface area (Å²) in [7, 11) is 1.68. The van der Waals surface area contributed by atoms with Gasteiger partial charge in [0.25, 0.3) is 0 Å². The molecule has 1 aromatic rings. The second kappa shape index (κ2) is 10.2. The molecule has 0 bridgehead atoms. The molecule has 0 aromatic carbocycles. The molecule has 122 valence electrons.